The van der Waals surface area contributed by atoms with Crippen LogP contribution in [0.3, 0.4) is 0 Å². The van der Waals surface area contributed by atoms with E-state index in [1.807, 2.05) is 0 Å². The highest BCUT2D eigenvalue weighted by molar-refractivity contribution is 6.42. The second kappa shape index (κ2) is 7.42. The molecule has 3 aromatic rings. The largest absolute Gasteiger partial charge is 0.438 e. The molecule has 1 amide bonds. The van der Waals surface area contributed by atoms with Crippen LogP contribution in [-0.2, 0) is 4.74 Å². The Morgan fingerprint density at radius 3 is 2.70 bits per heavy atom. The molecule has 0 bridgehead atoms. The number of fused-ring (bicyclic) bond motifs is 1. The van der Waals surface area contributed by atoms with Crippen LogP contribution in [0, 0.1) is 17.0 Å². The van der Waals surface area contributed by atoms with Crippen molar-refractivity contribution in [2.45, 2.75) is 20.0 Å². The molecule has 0 saturated heterocycles. The van der Waals surface area contributed by atoms with Crippen LogP contribution in [0.15, 0.2) is 30.3 Å². The summed E-state index contributed by atoms with van der Waals surface area (Å²) in [5.41, 5.74) is 1.54. The summed E-state index contributed by atoms with van der Waals surface area (Å²) in [6.45, 7) is 3.24. The summed E-state index contributed by atoms with van der Waals surface area (Å²) in [5, 5.41) is 14.5. The average molecular weight is 409 g/mol. The second-order valence-electron chi connectivity index (χ2n) is 5.81. The number of nitrogens with zero attached hydrogens (tertiary/aromatic N) is 2. The van der Waals surface area contributed by atoms with Crippen molar-refractivity contribution in [2.24, 2.45) is 0 Å². The highest BCUT2D eigenvalue weighted by Gasteiger charge is 2.22. The Labute approximate surface area is 163 Å². The van der Waals surface area contributed by atoms with Crippen molar-refractivity contribution in [3.05, 3.63) is 61.9 Å². The Balaban J connectivity index is 1.78. The Morgan fingerprint density at radius 1 is 1.30 bits per heavy atom. The molecule has 0 radical (unpaired) electrons. The predicted molar refractivity (Wildman–Crippen MR) is 102 cm³/mol. The van der Waals surface area contributed by atoms with E-state index in [4.69, 9.17) is 27.9 Å². The van der Waals surface area contributed by atoms with Gasteiger partial charge in [0.05, 0.1) is 20.5 Å². The van der Waals surface area contributed by atoms with Gasteiger partial charge in [-0.25, -0.2) is 9.78 Å². The highest BCUT2D eigenvalue weighted by Crippen LogP contribution is 2.29. The molecule has 3 rings (SSSR count). The van der Waals surface area contributed by atoms with Crippen molar-refractivity contribution < 1.29 is 14.5 Å². The molecular weight excluding hydrogens is 395 g/mol. The number of aryl methyl sites for hydroxylation is 1. The van der Waals surface area contributed by atoms with Crippen LogP contribution in [0.2, 0.25) is 10.0 Å². The van der Waals surface area contributed by atoms with Gasteiger partial charge in [-0.15, -0.1) is 0 Å². The molecular formula is C17H14Cl2N4O4. The number of amides is 1. The number of nitro benzene ring substituents is 1. The fraction of sp³-hybridized carbons (Fsp3) is 0.176. The molecule has 2 aromatic carbocycles. The summed E-state index contributed by atoms with van der Waals surface area (Å²) < 4.78 is 5.28. The summed E-state index contributed by atoms with van der Waals surface area (Å²) in [5.74, 6) is 0.294. The summed E-state index contributed by atoms with van der Waals surface area (Å²) in [6.07, 6.45) is -1.49. The number of rotatable bonds is 4. The molecule has 140 valence electrons. The molecule has 8 nitrogen and oxygen atoms in total. The van der Waals surface area contributed by atoms with E-state index in [9.17, 15) is 14.9 Å². The first kappa shape index (κ1) is 18.9. The molecule has 2 N–H and O–H groups in total. The number of ether oxygens (including phenoxy) is 1. The fourth-order valence-corrected chi connectivity index (χ4v) is 2.84. The van der Waals surface area contributed by atoms with Crippen LogP contribution in [0.25, 0.3) is 11.0 Å². The van der Waals surface area contributed by atoms with Crippen molar-refractivity contribution in [3.8, 4) is 0 Å². The maximum absolute atomic E-state index is 12.1. The van der Waals surface area contributed by atoms with E-state index < -0.39 is 17.1 Å². The van der Waals surface area contributed by atoms with Crippen LogP contribution < -0.4 is 5.32 Å². The lowest BCUT2D eigenvalue weighted by molar-refractivity contribution is -0.383. The van der Waals surface area contributed by atoms with E-state index in [0.29, 0.717) is 32.6 Å². The number of H-pyrrole nitrogens is 1. The van der Waals surface area contributed by atoms with Crippen LogP contribution in [-0.4, -0.2) is 21.0 Å². The fourth-order valence-electron chi connectivity index (χ4n) is 2.54. The topological polar surface area (TPSA) is 110 Å². The van der Waals surface area contributed by atoms with E-state index in [1.54, 1.807) is 38.1 Å². The third-order valence-corrected chi connectivity index (χ3v) is 4.60. The van der Waals surface area contributed by atoms with Gasteiger partial charge in [-0.3, -0.25) is 15.4 Å². The van der Waals surface area contributed by atoms with Crippen molar-refractivity contribution in [1.29, 1.82) is 0 Å². The minimum absolute atomic E-state index is 0.0811. The summed E-state index contributed by atoms with van der Waals surface area (Å²) >= 11 is 11.7. The number of anilines is 1. The Bertz CT molecular complexity index is 1050. The number of aromatic amines is 1. The number of aromatic nitrogens is 2. The first-order valence-corrected chi connectivity index (χ1v) is 8.58. The number of nitro groups is 1. The number of carbonyl (C=O) groups is 1. The van der Waals surface area contributed by atoms with Gasteiger partial charge in [0.1, 0.15) is 5.82 Å². The van der Waals surface area contributed by atoms with Gasteiger partial charge in [-0.1, -0.05) is 29.3 Å². The van der Waals surface area contributed by atoms with Gasteiger partial charge in [0.25, 0.3) is 5.69 Å². The zero-order valence-electron chi connectivity index (χ0n) is 14.2. The molecule has 27 heavy (non-hydrogen) atoms. The van der Waals surface area contributed by atoms with Crippen molar-refractivity contribution in [1.82, 2.24) is 9.97 Å². The van der Waals surface area contributed by atoms with Gasteiger partial charge < -0.3 is 9.72 Å². The third-order valence-electron chi connectivity index (χ3n) is 3.87. The Hall–Kier alpha value is -2.84. The molecule has 0 aliphatic carbocycles. The Kier molecular flexibility index (Phi) is 5.20. The van der Waals surface area contributed by atoms with Gasteiger partial charge in [-0.2, -0.15) is 0 Å². The molecule has 0 spiro atoms. The van der Waals surface area contributed by atoms with Crippen molar-refractivity contribution in [3.63, 3.8) is 0 Å². The van der Waals surface area contributed by atoms with E-state index in [0.717, 1.165) is 0 Å². The first-order valence-electron chi connectivity index (χ1n) is 7.82. The quantitative estimate of drug-likeness (QED) is 0.443. The second-order valence-corrected chi connectivity index (χ2v) is 6.62. The maximum atomic E-state index is 12.1. The number of carbonyl (C=O) groups excluding carboxylic acids is 1. The molecule has 1 atom stereocenters. The lowest BCUT2D eigenvalue weighted by Crippen LogP contribution is -2.16. The lowest BCUT2D eigenvalue weighted by Gasteiger charge is -2.12. The molecule has 0 saturated carbocycles. The normalized spacial score (nSPS) is 12.0. The summed E-state index contributed by atoms with van der Waals surface area (Å²) in [4.78, 5) is 30.1. The summed E-state index contributed by atoms with van der Waals surface area (Å²) in [6, 6.07) is 7.93. The molecule has 0 unspecified atom stereocenters. The minimum atomic E-state index is -0.764. The molecule has 0 aliphatic heterocycles. The number of halogens is 2. The number of benzene rings is 2. The van der Waals surface area contributed by atoms with E-state index in [1.165, 1.54) is 6.07 Å². The standard InChI is InChI=1S/C17H14Cl2N4O4/c1-8-3-6-13-14(15(8)23(25)26)22-16(21-13)9(2)27-17(24)20-10-4-5-11(18)12(19)7-10/h3-7,9H,1-2H3,(H,20,24)(H,21,22)/t9-/m0/s1. The van der Waals surface area contributed by atoms with Crippen molar-refractivity contribution >= 4 is 51.7 Å². The van der Waals surface area contributed by atoms with E-state index >= 15 is 0 Å². The molecule has 0 fully saturated rings. The van der Waals surface area contributed by atoms with Gasteiger partial charge in [0.15, 0.2) is 11.6 Å². The molecule has 1 aromatic heterocycles. The molecule has 10 heteroatoms. The van der Waals surface area contributed by atoms with E-state index in [-0.39, 0.29) is 11.2 Å². The third kappa shape index (κ3) is 3.96. The summed E-state index contributed by atoms with van der Waals surface area (Å²) in [7, 11) is 0. The minimum Gasteiger partial charge on any atom is -0.438 e. The zero-order chi connectivity index (χ0) is 19.7. The zero-order valence-corrected chi connectivity index (χ0v) is 15.8. The Morgan fingerprint density at radius 2 is 2.04 bits per heavy atom. The average Bonchev–Trinajstić information content (AvgIpc) is 3.01. The van der Waals surface area contributed by atoms with E-state index in [2.05, 4.69) is 15.3 Å². The maximum Gasteiger partial charge on any atom is 0.412 e. The van der Waals surface area contributed by atoms with Gasteiger partial charge >= 0.3 is 6.09 Å². The van der Waals surface area contributed by atoms with Gasteiger partial charge in [0, 0.05) is 11.3 Å². The van der Waals surface area contributed by atoms with Crippen molar-refractivity contribution in [2.75, 3.05) is 5.32 Å². The molecule has 0 aliphatic rings. The van der Waals surface area contributed by atoms with Crippen LogP contribution in [0.1, 0.15) is 24.4 Å². The number of nitrogens with one attached hydrogen (secondary N) is 2. The number of imidazole rings is 1. The first-order chi connectivity index (χ1) is 12.8. The monoisotopic (exact) mass is 408 g/mol. The smallest absolute Gasteiger partial charge is 0.412 e. The lowest BCUT2D eigenvalue weighted by atomic mass is 10.2. The van der Waals surface area contributed by atoms with Crippen LogP contribution in [0.4, 0.5) is 16.2 Å². The molecule has 1 heterocycles. The van der Waals surface area contributed by atoms with Gasteiger partial charge in [-0.05, 0) is 38.1 Å². The highest BCUT2D eigenvalue weighted by atomic mass is 35.5. The SMILES string of the molecule is Cc1ccc2[nH]c([C@H](C)OC(=O)Nc3ccc(Cl)c(Cl)c3)nc2c1[N+](=O)[O-]. The van der Waals surface area contributed by atoms with Crippen LogP contribution in [0.5, 0.6) is 0 Å². The number of hydrogen-bond acceptors (Lipinski definition) is 5. The van der Waals surface area contributed by atoms with Gasteiger partial charge in [0.2, 0.25) is 0 Å². The predicted octanol–water partition coefficient (Wildman–Crippen LogP) is 5.40. The van der Waals surface area contributed by atoms with Crippen LogP contribution >= 0.6 is 23.2 Å². The number of hydrogen-bond donors (Lipinski definition) is 2.